The van der Waals surface area contributed by atoms with Gasteiger partial charge < -0.3 is 9.64 Å². The summed E-state index contributed by atoms with van der Waals surface area (Å²) in [5, 5.41) is 4.30. The zero-order valence-corrected chi connectivity index (χ0v) is 16.1. The van der Waals surface area contributed by atoms with Crippen LogP contribution in [0, 0.1) is 12.8 Å². The van der Waals surface area contributed by atoms with Crippen molar-refractivity contribution in [2.75, 3.05) is 19.7 Å². The highest BCUT2D eigenvalue weighted by Gasteiger charge is 2.26. The van der Waals surface area contributed by atoms with Crippen molar-refractivity contribution in [1.82, 2.24) is 24.6 Å². The van der Waals surface area contributed by atoms with Crippen LogP contribution in [-0.4, -0.2) is 50.3 Å². The van der Waals surface area contributed by atoms with Crippen LogP contribution < -0.4 is 4.74 Å². The van der Waals surface area contributed by atoms with E-state index in [0.717, 1.165) is 37.3 Å². The lowest BCUT2D eigenvalue weighted by atomic mass is 9.83. The number of aryl methyl sites for hydroxylation is 2. The van der Waals surface area contributed by atoms with Gasteiger partial charge in [0, 0.05) is 37.8 Å². The zero-order valence-electron chi connectivity index (χ0n) is 16.1. The Balaban J connectivity index is 1.26. The third kappa shape index (κ3) is 3.96. The number of carbonyl (C=O) groups is 1. The number of amides is 1. The predicted molar refractivity (Wildman–Crippen MR) is 101 cm³/mol. The molecule has 1 aliphatic heterocycles. The lowest BCUT2D eigenvalue weighted by Gasteiger charge is -2.31. The SMILES string of the molecule is Cc1cc(C(=O)N2CCC(COc3cc(C4CCC4)ncn3)CC2)nn1C. The van der Waals surface area contributed by atoms with E-state index < -0.39 is 0 Å². The molecular formula is C20H27N5O2. The Bertz CT molecular complexity index is 787. The Morgan fingerprint density at radius 3 is 2.59 bits per heavy atom. The van der Waals surface area contributed by atoms with Crippen molar-refractivity contribution in [1.29, 1.82) is 0 Å². The summed E-state index contributed by atoms with van der Waals surface area (Å²) in [5.41, 5.74) is 2.64. The molecule has 0 aromatic carbocycles. The molecule has 144 valence electrons. The average molecular weight is 369 g/mol. The molecule has 0 bridgehead atoms. The van der Waals surface area contributed by atoms with Crippen LogP contribution in [0.5, 0.6) is 5.88 Å². The fraction of sp³-hybridized carbons (Fsp3) is 0.600. The van der Waals surface area contributed by atoms with E-state index in [1.807, 2.05) is 31.0 Å². The summed E-state index contributed by atoms with van der Waals surface area (Å²) < 4.78 is 7.68. The highest BCUT2D eigenvalue weighted by molar-refractivity contribution is 5.92. The van der Waals surface area contributed by atoms with Gasteiger partial charge in [0.1, 0.15) is 6.33 Å². The largest absolute Gasteiger partial charge is 0.477 e. The van der Waals surface area contributed by atoms with Crippen molar-refractivity contribution in [2.24, 2.45) is 13.0 Å². The first kappa shape index (κ1) is 17.9. The van der Waals surface area contributed by atoms with Gasteiger partial charge in [0.2, 0.25) is 5.88 Å². The fourth-order valence-corrected chi connectivity index (χ4v) is 3.69. The molecule has 27 heavy (non-hydrogen) atoms. The molecule has 2 fully saturated rings. The van der Waals surface area contributed by atoms with Crippen LogP contribution in [0.3, 0.4) is 0 Å². The van der Waals surface area contributed by atoms with Crippen molar-refractivity contribution < 1.29 is 9.53 Å². The molecule has 0 radical (unpaired) electrons. The number of piperidine rings is 1. The monoisotopic (exact) mass is 369 g/mol. The maximum Gasteiger partial charge on any atom is 0.274 e. The van der Waals surface area contributed by atoms with Gasteiger partial charge in [-0.25, -0.2) is 9.97 Å². The van der Waals surface area contributed by atoms with Crippen LogP contribution in [-0.2, 0) is 7.05 Å². The summed E-state index contributed by atoms with van der Waals surface area (Å²) in [6, 6.07) is 3.85. The van der Waals surface area contributed by atoms with E-state index in [-0.39, 0.29) is 5.91 Å². The average Bonchev–Trinajstić information content (AvgIpc) is 2.98. The standard InChI is InChI=1S/C20H27N5O2/c1-14-10-18(23-24(14)2)20(26)25-8-6-15(7-9-25)12-27-19-11-17(21-13-22-19)16-4-3-5-16/h10-11,13,15-16H,3-9,12H2,1-2H3. The summed E-state index contributed by atoms with van der Waals surface area (Å²) in [6.45, 7) is 4.10. The van der Waals surface area contributed by atoms with E-state index in [0.29, 0.717) is 30.0 Å². The van der Waals surface area contributed by atoms with Gasteiger partial charge in [0.25, 0.3) is 5.91 Å². The summed E-state index contributed by atoms with van der Waals surface area (Å²) in [6.07, 6.45) is 7.23. The summed E-state index contributed by atoms with van der Waals surface area (Å²) in [4.78, 5) is 23.1. The second-order valence-corrected chi connectivity index (χ2v) is 7.75. The van der Waals surface area contributed by atoms with Gasteiger partial charge in [-0.1, -0.05) is 6.42 Å². The van der Waals surface area contributed by atoms with Crippen molar-refractivity contribution in [2.45, 2.75) is 44.9 Å². The lowest BCUT2D eigenvalue weighted by molar-refractivity contribution is 0.0652. The molecule has 1 amide bonds. The maximum absolute atomic E-state index is 12.6. The first-order chi connectivity index (χ1) is 13.1. The fourth-order valence-electron chi connectivity index (χ4n) is 3.69. The molecule has 4 rings (SSSR count). The topological polar surface area (TPSA) is 73.1 Å². The van der Waals surface area contributed by atoms with Gasteiger partial charge >= 0.3 is 0 Å². The third-order valence-corrected chi connectivity index (χ3v) is 5.89. The zero-order chi connectivity index (χ0) is 18.8. The number of likely N-dealkylation sites (tertiary alicyclic amines) is 1. The Kier molecular flexibility index (Phi) is 5.09. The minimum atomic E-state index is 0.0269. The summed E-state index contributed by atoms with van der Waals surface area (Å²) in [7, 11) is 1.86. The second-order valence-electron chi connectivity index (χ2n) is 7.75. The predicted octanol–water partition coefficient (Wildman–Crippen LogP) is 2.72. The number of ether oxygens (including phenoxy) is 1. The number of nitrogens with zero attached hydrogens (tertiary/aromatic N) is 5. The Hall–Kier alpha value is -2.44. The van der Waals surface area contributed by atoms with E-state index >= 15 is 0 Å². The van der Waals surface area contributed by atoms with Crippen molar-refractivity contribution in [3.8, 4) is 5.88 Å². The molecule has 0 atom stereocenters. The minimum absolute atomic E-state index is 0.0269. The van der Waals surface area contributed by atoms with Crippen LogP contribution in [0.2, 0.25) is 0 Å². The molecule has 2 aliphatic rings. The molecule has 0 spiro atoms. The van der Waals surface area contributed by atoms with E-state index in [4.69, 9.17) is 4.74 Å². The van der Waals surface area contributed by atoms with Gasteiger partial charge in [0.05, 0.1) is 12.3 Å². The molecule has 7 nitrogen and oxygen atoms in total. The van der Waals surface area contributed by atoms with Crippen LogP contribution >= 0.6 is 0 Å². The molecule has 2 aromatic heterocycles. The van der Waals surface area contributed by atoms with Crippen molar-refractivity contribution in [3.63, 3.8) is 0 Å². The first-order valence-corrected chi connectivity index (χ1v) is 9.85. The van der Waals surface area contributed by atoms with Crippen molar-refractivity contribution >= 4 is 5.91 Å². The molecule has 3 heterocycles. The van der Waals surface area contributed by atoms with E-state index in [1.54, 1.807) is 11.0 Å². The third-order valence-electron chi connectivity index (χ3n) is 5.89. The Labute approximate surface area is 159 Å². The maximum atomic E-state index is 12.6. The van der Waals surface area contributed by atoms with Gasteiger partial charge in [-0.05, 0) is 44.6 Å². The van der Waals surface area contributed by atoms with Gasteiger partial charge in [-0.3, -0.25) is 9.48 Å². The molecule has 1 saturated carbocycles. The number of rotatable bonds is 5. The molecule has 2 aromatic rings. The number of carbonyl (C=O) groups excluding carboxylic acids is 1. The Morgan fingerprint density at radius 2 is 1.96 bits per heavy atom. The summed E-state index contributed by atoms with van der Waals surface area (Å²) in [5.74, 6) is 1.73. The van der Waals surface area contributed by atoms with Crippen LogP contribution in [0.25, 0.3) is 0 Å². The first-order valence-electron chi connectivity index (χ1n) is 9.85. The van der Waals surface area contributed by atoms with E-state index in [2.05, 4.69) is 15.1 Å². The molecule has 1 saturated heterocycles. The molecule has 7 heteroatoms. The van der Waals surface area contributed by atoms with Gasteiger partial charge in [-0.15, -0.1) is 0 Å². The smallest absolute Gasteiger partial charge is 0.274 e. The molecule has 1 aliphatic carbocycles. The lowest BCUT2D eigenvalue weighted by Crippen LogP contribution is -2.40. The van der Waals surface area contributed by atoms with E-state index in [9.17, 15) is 4.79 Å². The quantitative estimate of drug-likeness (QED) is 0.810. The van der Waals surface area contributed by atoms with E-state index in [1.165, 1.54) is 19.3 Å². The van der Waals surface area contributed by atoms with Crippen molar-refractivity contribution in [3.05, 3.63) is 35.5 Å². The normalized spacial score (nSPS) is 18.4. The van der Waals surface area contributed by atoms with Crippen LogP contribution in [0.1, 0.15) is 59.9 Å². The molecule has 0 unspecified atom stereocenters. The van der Waals surface area contributed by atoms with Gasteiger partial charge in [-0.2, -0.15) is 5.10 Å². The highest BCUT2D eigenvalue weighted by atomic mass is 16.5. The number of hydrogen-bond acceptors (Lipinski definition) is 5. The number of aromatic nitrogens is 4. The number of hydrogen-bond donors (Lipinski definition) is 0. The highest BCUT2D eigenvalue weighted by Crippen LogP contribution is 2.35. The van der Waals surface area contributed by atoms with Gasteiger partial charge in [0.15, 0.2) is 5.69 Å². The molecular weight excluding hydrogens is 342 g/mol. The minimum Gasteiger partial charge on any atom is -0.477 e. The Morgan fingerprint density at radius 1 is 1.19 bits per heavy atom. The van der Waals surface area contributed by atoms with Crippen LogP contribution in [0.15, 0.2) is 18.5 Å². The van der Waals surface area contributed by atoms with Crippen LogP contribution in [0.4, 0.5) is 0 Å². The molecule has 0 N–H and O–H groups in total. The second kappa shape index (κ2) is 7.66. The summed E-state index contributed by atoms with van der Waals surface area (Å²) >= 11 is 0.